The Morgan fingerprint density at radius 2 is 1.65 bits per heavy atom. The molecule has 0 radical (unpaired) electrons. The molecular formula is C20H21NO2. The van der Waals surface area contributed by atoms with Crippen LogP contribution in [0.25, 0.3) is 0 Å². The number of hydrogen-bond acceptors (Lipinski definition) is 2. The van der Waals surface area contributed by atoms with E-state index in [1.807, 2.05) is 54.6 Å². The molecule has 1 N–H and O–H groups in total. The molecule has 3 nitrogen and oxygen atoms in total. The van der Waals surface area contributed by atoms with Crippen LogP contribution in [-0.4, -0.2) is 5.91 Å². The number of nitrogens with one attached hydrogen (secondary N) is 1. The molecule has 2 saturated carbocycles. The highest BCUT2D eigenvalue weighted by Crippen LogP contribution is 2.48. The van der Waals surface area contributed by atoms with Gasteiger partial charge in [-0.2, -0.15) is 0 Å². The number of hydrogen-bond donors (Lipinski definition) is 1. The first-order valence-electron chi connectivity index (χ1n) is 8.42. The van der Waals surface area contributed by atoms with Crippen molar-refractivity contribution in [1.82, 2.24) is 0 Å². The first kappa shape index (κ1) is 14.3. The van der Waals surface area contributed by atoms with Crippen LogP contribution in [-0.2, 0) is 4.79 Å². The van der Waals surface area contributed by atoms with Gasteiger partial charge in [-0.05, 0) is 67.5 Å². The fourth-order valence-corrected chi connectivity index (χ4v) is 4.03. The first-order chi connectivity index (χ1) is 11.3. The van der Waals surface area contributed by atoms with Crippen LogP contribution in [0.1, 0.15) is 25.7 Å². The van der Waals surface area contributed by atoms with Gasteiger partial charge in [-0.1, -0.05) is 24.6 Å². The number of fused-ring (bicyclic) bond motifs is 2. The summed E-state index contributed by atoms with van der Waals surface area (Å²) >= 11 is 0. The summed E-state index contributed by atoms with van der Waals surface area (Å²) in [7, 11) is 0. The molecule has 2 fully saturated rings. The largest absolute Gasteiger partial charge is 0.457 e. The molecule has 2 aromatic rings. The topological polar surface area (TPSA) is 38.3 Å². The van der Waals surface area contributed by atoms with Gasteiger partial charge >= 0.3 is 0 Å². The SMILES string of the molecule is O=C(Nc1ccc(Oc2ccccc2)cc1)[C@@H]1C[C@@H]2CC[C@@H]1C2. The molecule has 2 aliphatic rings. The summed E-state index contributed by atoms with van der Waals surface area (Å²) in [5.74, 6) is 3.39. The van der Waals surface area contributed by atoms with Crippen molar-refractivity contribution < 1.29 is 9.53 Å². The van der Waals surface area contributed by atoms with Crippen LogP contribution in [0.3, 0.4) is 0 Å². The van der Waals surface area contributed by atoms with Crippen LogP contribution < -0.4 is 10.1 Å². The maximum absolute atomic E-state index is 12.4. The molecule has 0 aliphatic heterocycles. The monoisotopic (exact) mass is 307 g/mol. The molecule has 0 saturated heterocycles. The van der Waals surface area contributed by atoms with Gasteiger partial charge in [0.1, 0.15) is 11.5 Å². The quantitative estimate of drug-likeness (QED) is 0.876. The Morgan fingerprint density at radius 3 is 2.30 bits per heavy atom. The van der Waals surface area contributed by atoms with E-state index >= 15 is 0 Å². The van der Waals surface area contributed by atoms with Gasteiger partial charge < -0.3 is 10.1 Å². The lowest BCUT2D eigenvalue weighted by atomic mass is 9.88. The van der Waals surface area contributed by atoms with Crippen molar-refractivity contribution in [1.29, 1.82) is 0 Å². The molecule has 0 unspecified atom stereocenters. The van der Waals surface area contributed by atoms with E-state index in [0.717, 1.165) is 29.5 Å². The van der Waals surface area contributed by atoms with Crippen molar-refractivity contribution in [2.45, 2.75) is 25.7 Å². The van der Waals surface area contributed by atoms with Crippen LogP contribution in [0, 0.1) is 17.8 Å². The third kappa shape index (κ3) is 3.09. The van der Waals surface area contributed by atoms with Crippen LogP contribution in [0.4, 0.5) is 5.69 Å². The van der Waals surface area contributed by atoms with Crippen molar-refractivity contribution in [3.8, 4) is 11.5 Å². The fraction of sp³-hybridized carbons (Fsp3) is 0.350. The van der Waals surface area contributed by atoms with Crippen LogP contribution in [0.5, 0.6) is 11.5 Å². The fourth-order valence-electron chi connectivity index (χ4n) is 4.03. The third-order valence-electron chi connectivity index (χ3n) is 5.18. The van der Waals surface area contributed by atoms with Crippen molar-refractivity contribution in [3.63, 3.8) is 0 Å². The molecule has 23 heavy (non-hydrogen) atoms. The minimum atomic E-state index is 0.189. The van der Waals surface area contributed by atoms with Gasteiger partial charge in [-0.25, -0.2) is 0 Å². The van der Waals surface area contributed by atoms with E-state index in [4.69, 9.17) is 4.74 Å². The number of anilines is 1. The van der Waals surface area contributed by atoms with E-state index < -0.39 is 0 Å². The summed E-state index contributed by atoms with van der Waals surface area (Å²) in [6.45, 7) is 0. The zero-order valence-corrected chi connectivity index (χ0v) is 13.1. The highest BCUT2D eigenvalue weighted by molar-refractivity contribution is 5.93. The van der Waals surface area contributed by atoms with Gasteiger partial charge in [-0.3, -0.25) is 4.79 Å². The molecule has 1 amide bonds. The van der Waals surface area contributed by atoms with Crippen molar-refractivity contribution >= 4 is 11.6 Å². The Kier molecular flexibility index (Phi) is 3.78. The standard InChI is InChI=1S/C20H21NO2/c22-20(19-13-14-6-7-15(19)12-14)21-16-8-10-18(11-9-16)23-17-4-2-1-3-5-17/h1-5,8-11,14-15,19H,6-7,12-13H2,(H,21,22)/t14-,15-,19-/m1/s1. The zero-order chi connectivity index (χ0) is 15.6. The molecule has 3 heteroatoms. The molecule has 0 spiro atoms. The van der Waals surface area contributed by atoms with Crippen LogP contribution >= 0.6 is 0 Å². The van der Waals surface area contributed by atoms with Gasteiger partial charge in [0.15, 0.2) is 0 Å². The molecule has 118 valence electrons. The van der Waals surface area contributed by atoms with Gasteiger partial charge in [0.25, 0.3) is 0 Å². The van der Waals surface area contributed by atoms with E-state index in [1.54, 1.807) is 0 Å². The highest BCUT2D eigenvalue weighted by atomic mass is 16.5. The van der Waals surface area contributed by atoms with Crippen molar-refractivity contribution in [2.75, 3.05) is 5.32 Å². The van der Waals surface area contributed by atoms with E-state index in [0.29, 0.717) is 5.92 Å². The lowest BCUT2D eigenvalue weighted by Crippen LogP contribution is -2.27. The number of para-hydroxylation sites is 1. The average Bonchev–Trinajstić information content (AvgIpc) is 3.21. The minimum absolute atomic E-state index is 0.189. The number of rotatable bonds is 4. The maximum atomic E-state index is 12.4. The third-order valence-corrected chi connectivity index (χ3v) is 5.18. The van der Waals surface area contributed by atoms with Gasteiger partial charge in [0.05, 0.1) is 0 Å². The summed E-state index contributed by atoms with van der Waals surface area (Å²) in [6, 6.07) is 17.3. The molecule has 4 rings (SSSR count). The van der Waals surface area contributed by atoms with Crippen molar-refractivity contribution in [3.05, 3.63) is 54.6 Å². The van der Waals surface area contributed by atoms with E-state index in [-0.39, 0.29) is 11.8 Å². The molecular weight excluding hydrogens is 286 g/mol. The molecule has 2 aromatic carbocycles. The smallest absolute Gasteiger partial charge is 0.227 e. The predicted octanol–water partition coefficient (Wildman–Crippen LogP) is 4.85. The van der Waals surface area contributed by atoms with E-state index in [1.165, 1.54) is 19.3 Å². The highest BCUT2D eigenvalue weighted by Gasteiger charge is 2.42. The lowest BCUT2D eigenvalue weighted by Gasteiger charge is -2.20. The lowest BCUT2D eigenvalue weighted by molar-refractivity contribution is -0.121. The average molecular weight is 307 g/mol. The summed E-state index contributed by atoms with van der Waals surface area (Å²) < 4.78 is 5.77. The Bertz CT molecular complexity index is 681. The molecule has 3 atom stereocenters. The normalized spacial score (nSPS) is 25.3. The van der Waals surface area contributed by atoms with Crippen LogP contribution in [0.2, 0.25) is 0 Å². The Morgan fingerprint density at radius 1 is 0.913 bits per heavy atom. The number of carbonyl (C=O) groups is 1. The molecule has 0 aromatic heterocycles. The van der Waals surface area contributed by atoms with Gasteiger partial charge in [-0.15, -0.1) is 0 Å². The minimum Gasteiger partial charge on any atom is -0.457 e. The van der Waals surface area contributed by atoms with Gasteiger partial charge in [0, 0.05) is 11.6 Å². The molecule has 0 heterocycles. The number of amides is 1. The van der Waals surface area contributed by atoms with Crippen LogP contribution in [0.15, 0.2) is 54.6 Å². The second kappa shape index (κ2) is 6.07. The zero-order valence-electron chi connectivity index (χ0n) is 13.1. The number of carbonyl (C=O) groups excluding carboxylic acids is 1. The Hall–Kier alpha value is -2.29. The summed E-state index contributed by atoms with van der Waals surface area (Å²) in [5, 5.41) is 3.07. The van der Waals surface area contributed by atoms with Gasteiger partial charge in [0.2, 0.25) is 5.91 Å². The molecule has 2 aliphatic carbocycles. The summed E-state index contributed by atoms with van der Waals surface area (Å²) in [4.78, 5) is 12.4. The van der Waals surface area contributed by atoms with E-state index in [9.17, 15) is 4.79 Å². The Balaban J connectivity index is 1.37. The molecule has 2 bridgehead atoms. The van der Waals surface area contributed by atoms with Crippen molar-refractivity contribution in [2.24, 2.45) is 17.8 Å². The second-order valence-electron chi connectivity index (χ2n) is 6.71. The van der Waals surface area contributed by atoms with E-state index in [2.05, 4.69) is 5.32 Å². The second-order valence-corrected chi connectivity index (χ2v) is 6.71. The maximum Gasteiger partial charge on any atom is 0.227 e. The summed E-state index contributed by atoms with van der Waals surface area (Å²) in [5.41, 5.74) is 0.846. The number of benzene rings is 2. The Labute approximate surface area is 136 Å². The predicted molar refractivity (Wildman–Crippen MR) is 90.5 cm³/mol. The number of ether oxygens (including phenoxy) is 1. The summed E-state index contributed by atoms with van der Waals surface area (Å²) in [6.07, 6.45) is 4.88. The first-order valence-corrected chi connectivity index (χ1v) is 8.42.